The quantitative estimate of drug-likeness (QED) is 0.836. The van der Waals surface area contributed by atoms with Crippen molar-refractivity contribution in [2.75, 3.05) is 6.61 Å². The number of esters is 1. The molecule has 4 nitrogen and oxygen atoms in total. The van der Waals surface area contributed by atoms with Crippen molar-refractivity contribution in [2.24, 2.45) is 0 Å². The summed E-state index contributed by atoms with van der Waals surface area (Å²) in [4.78, 5) is 11.8. The van der Waals surface area contributed by atoms with Gasteiger partial charge in [0, 0.05) is 0 Å². The van der Waals surface area contributed by atoms with Crippen molar-refractivity contribution in [3.8, 4) is 5.75 Å². The topological polar surface area (TPSA) is 59.7 Å². The third kappa shape index (κ3) is 1.85. The van der Waals surface area contributed by atoms with Gasteiger partial charge in [-0.25, -0.2) is 4.79 Å². The van der Waals surface area contributed by atoms with Gasteiger partial charge in [0.2, 0.25) is 0 Å². The molecule has 0 saturated heterocycles. The minimum Gasteiger partial charge on any atom is -0.506 e. The lowest BCUT2D eigenvalue weighted by Crippen LogP contribution is -2.05. The number of hydrogen-bond donors (Lipinski definition) is 1. The molecule has 0 aliphatic heterocycles. The van der Waals surface area contributed by atoms with Crippen molar-refractivity contribution in [1.29, 1.82) is 0 Å². The van der Waals surface area contributed by atoms with Crippen molar-refractivity contribution in [2.45, 2.75) is 13.8 Å². The molecule has 0 atom stereocenters. The molecule has 0 unspecified atom stereocenters. The van der Waals surface area contributed by atoms with Crippen molar-refractivity contribution in [1.82, 2.24) is 0 Å². The van der Waals surface area contributed by atoms with Gasteiger partial charge >= 0.3 is 5.97 Å². The summed E-state index contributed by atoms with van der Waals surface area (Å²) in [6.45, 7) is 3.63. The zero-order valence-electron chi connectivity index (χ0n) is 9.41. The van der Waals surface area contributed by atoms with Crippen LogP contribution in [0, 0.1) is 6.92 Å². The largest absolute Gasteiger partial charge is 0.506 e. The highest BCUT2D eigenvalue weighted by atomic mass is 35.5. The molecule has 0 amide bonds. The fraction of sp³-hybridized carbons (Fsp3) is 0.250. The van der Waals surface area contributed by atoms with Gasteiger partial charge in [0.15, 0.2) is 0 Å². The van der Waals surface area contributed by atoms with Crippen LogP contribution in [0.2, 0.25) is 5.02 Å². The predicted octanol–water partition coefficient (Wildman–Crippen LogP) is 3.28. The van der Waals surface area contributed by atoms with E-state index in [0.29, 0.717) is 16.7 Å². The number of aromatic hydroxyl groups is 1. The van der Waals surface area contributed by atoms with Gasteiger partial charge in [-0.1, -0.05) is 11.6 Å². The van der Waals surface area contributed by atoms with E-state index in [4.69, 9.17) is 20.8 Å². The Balaban J connectivity index is 2.73. The summed E-state index contributed by atoms with van der Waals surface area (Å²) >= 11 is 5.97. The maximum Gasteiger partial charge on any atom is 0.342 e. The lowest BCUT2D eigenvalue weighted by Gasteiger charge is -2.02. The molecular weight excluding hydrogens is 244 g/mol. The molecule has 1 N–H and O–H groups in total. The minimum absolute atomic E-state index is 0.0921. The summed E-state index contributed by atoms with van der Waals surface area (Å²) in [5.41, 5.74) is 0.719. The SMILES string of the molecule is CCOC(=O)c1c(C)oc2ccc(O)c(Cl)c12. The molecule has 90 valence electrons. The Labute approximate surface area is 103 Å². The summed E-state index contributed by atoms with van der Waals surface area (Å²) in [7, 11) is 0. The minimum atomic E-state index is -0.503. The normalized spacial score (nSPS) is 10.8. The second-order valence-electron chi connectivity index (χ2n) is 3.53. The standard InChI is InChI=1S/C12H11ClO4/c1-3-16-12(15)9-6(2)17-8-5-4-7(14)11(13)10(8)9/h4-5,14H,3H2,1-2H3. The lowest BCUT2D eigenvalue weighted by molar-refractivity contribution is 0.0526. The predicted molar refractivity (Wildman–Crippen MR) is 63.6 cm³/mol. The molecule has 0 aliphatic rings. The molecule has 0 fully saturated rings. The van der Waals surface area contributed by atoms with E-state index in [1.807, 2.05) is 0 Å². The molecule has 1 aromatic carbocycles. The number of hydrogen-bond acceptors (Lipinski definition) is 4. The third-order valence-corrected chi connectivity index (χ3v) is 2.81. The summed E-state index contributed by atoms with van der Waals surface area (Å²) in [6, 6.07) is 2.98. The number of ether oxygens (including phenoxy) is 1. The lowest BCUT2D eigenvalue weighted by atomic mass is 10.1. The first-order valence-electron chi connectivity index (χ1n) is 5.14. The van der Waals surface area contributed by atoms with E-state index in [1.54, 1.807) is 19.9 Å². The second-order valence-corrected chi connectivity index (χ2v) is 3.90. The van der Waals surface area contributed by atoms with Gasteiger partial charge in [0.1, 0.15) is 22.7 Å². The Morgan fingerprint density at radius 2 is 2.24 bits per heavy atom. The van der Waals surface area contributed by atoms with E-state index in [9.17, 15) is 9.90 Å². The smallest absolute Gasteiger partial charge is 0.342 e. The average Bonchev–Trinajstić information content (AvgIpc) is 2.61. The van der Waals surface area contributed by atoms with Crippen LogP contribution in [-0.2, 0) is 4.74 Å². The Morgan fingerprint density at radius 1 is 1.53 bits per heavy atom. The number of halogens is 1. The molecule has 0 radical (unpaired) electrons. The molecule has 2 aromatic rings. The third-order valence-electron chi connectivity index (χ3n) is 2.43. The van der Waals surface area contributed by atoms with Crippen LogP contribution in [0.3, 0.4) is 0 Å². The van der Waals surface area contributed by atoms with E-state index in [0.717, 1.165) is 0 Å². The Hall–Kier alpha value is -1.68. The van der Waals surface area contributed by atoms with Crippen molar-refractivity contribution >= 4 is 28.5 Å². The first kappa shape index (κ1) is 11.8. The van der Waals surface area contributed by atoms with Crippen LogP contribution in [0.25, 0.3) is 11.0 Å². The summed E-state index contributed by atoms with van der Waals surface area (Å²) in [5.74, 6) is -0.173. The van der Waals surface area contributed by atoms with Crippen LogP contribution in [-0.4, -0.2) is 17.7 Å². The van der Waals surface area contributed by atoms with Gasteiger partial charge < -0.3 is 14.3 Å². The van der Waals surface area contributed by atoms with E-state index in [-0.39, 0.29) is 22.9 Å². The number of fused-ring (bicyclic) bond motifs is 1. The zero-order chi connectivity index (χ0) is 12.6. The number of carbonyl (C=O) groups is 1. The molecule has 0 saturated carbocycles. The van der Waals surface area contributed by atoms with E-state index < -0.39 is 5.97 Å². The molecule has 2 rings (SSSR count). The average molecular weight is 255 g/mol. The summed E-state index contributed by atoms with van der Waals surface area (Å²) in [5, 5.41) is 10.0. The van der Waals surface area contributed by atoms with Gasteiger partial charge in [0.25, 0.3) is 0 Å². The number of aryl methyl sites for hydroxylation is 1. The molecule has 17 heavy (non-hydrogen) atoms. The number of phenols is 1. The first-order valence-corrected chi connectivity index (χ1v) is 5.51. The molecule has 5 heteroatoms. The molecule has 0 spiro atoms. The van der Waals surface area contributed by atoms with E-state index in [1.165, 1.54) is 6.07 Å². The number of carbonyl (C=O) groups excluding carboxylic acids is 1. The fourth-order valence-corrected chi connectivity index (χ4v) is 1.96. The van der Waals surface area contributed by atoms with Crippen LogP contribution >= 0.6 is 11.6 Å². The van der Waals surface area contributed by atoms with E-state index in [2.05, 4.69) is 0 Å². The van der Waals surface area contributed by atoms with Crippen molar-refractivity contribution in [3.63, 3.8) is 0 Å². The summed E-state index contributed by atoms with van der Waals surface area (Å²) in [6.07, 6.45) is 0. The van der Waals surface area contributed by atoms with Gasteiger partial charge in [-0.05, 0) is 26.0 Å². The van der Waals surface area contributed by atoms with Gasteiger partial charge in [0.05, 0.1) is 17.0 Å². The zero-order valence-corrected chi connectivity index (χ0v) is 10.2. The Kier molecular flexibility index (Phi) is 2.98. The van der Waals surface area contributed by atoms with E-state index >= 15 is 0 Å². The monoisotopic (exact) mass is 254 g/mol. The molecular formula is C12H11ClO4. The number of phenolic OH excluding ortho intramolecular Hbond substituents is 1. The van der Waals surface area contributed by atoms with Gasteiger partial charge in [-0.2, -0.15) is 0 Å². The maximum atomic E-state index is 11.8. The Bertz CT molecular complexity index is 586. The van der Waals surface area contributed by atoms with Gasteiger partial charge in [-0.3, -0.25) is 0 Å². The van der Waals surface area contributed by atoms with Crippen molar-refractivity contribution < 1.29 is 19.1 Å². The fourth-order valence-electron chi connectivity index (χ4n) is 1.71. The van der Waals surface area contributed by atoms with Crippen LogP contribution in [0.15, 0.2) is 16.5 Å². The maximum absolute atomic E-state index is 11.8. The van der Waals surface area contributed by atoms with Crippen LogP contribution < -0.4 is 0 Å². The first-order chi connectivity index (χ1) is 8.06. The number of rotatable bonds is 2. The highest BCUT2D eigenvalue weighted by Gasteiger charge is 2.22. The Morgan fingerprint density at radius 3 is 2.88 bits per heavy atom. The number of furan rings is 1. The van der Waals surface area contributed by atoms with Crippen LogP contribution in [0.1, 0.15) is 23.0 Å². The molecule has 0 bridgehead atoms. The molecule has 1 aromatic heterocycles. The van der Waals surface area contributed by atoms with Crippen LogP contribution in [0.5, 0.6) is 5.75 Å². The second kappa shape index (κ2) is 4.30. The molecule has 1 heterocycles. The molecule has 0 aliphatic carbocycles. The van der Waals surface area contributed by atoms with Crippen molar-refractivity contribution in [3.05, 3.63) is 28.5 Å². The van der Waals surface area contributed by atoms with Crippen LogP contribution in [0.4, 0.5) is 0 Å². The highest BCUT2D eigenvalue weighted by Crippen LogP contribution is 2.37. The summed E-state index contributed by atoms with van der Waals surface area (Å²) < 4.78 is 10.3. The number of benzene rings is 1. The van der Waals surface area contributed by atoms with Gasteiger partial charge in [-0.15, -0.1) is 0 Å². The highest BCUT2D eigenvalue weighted by molar-refractivity contribution is 6.38.